The van der Waals surface area contributed by atoms with Crippen molar-refractivity contribution in [3.63, 3.8) is 0 Å². The standard InChI is InChI=1S/C14H23O12.K.Na.H/c1-5(17)23-4-14(12(22)9(19)7(3-16)25-14)26-13-11(21)10(20)8(18)6(2-15)24-13;;;/h6-13,15-16,18-21H,2-4H2,1H3;;;/q-1;+1;;/t6-,7-,8-,9-,10+,11-,12+,13-,14+;;;/m1.../s1. The van der Waals surface area contributed by atoms with Gasteiger partial charge in [-0.05, 0) is 6.10 Å². The third-order valence-corrected chi connectivity index (χ3v) is 4.30. The molecule has 0 aromatic rings. The molecule has 2 aliphatic rings. The molecule has 2 heterocycles. The molecule has 2 rings (SSSR count). The van der Waals surface area contributed by atoms with Gasteiger partial charge in [0.15, 0.2) is 12.1 Å². The molecule has 2 aliphatic heterocycles. The van der Waals surface area contributed by atoms with E-state index in [1.807, 2.05) is 0 Å². The fourth-order valence-corrected chi connectivity index (χ4v) is 2.80. The summed E-state index contributed by atoms with van der Waals surface area (Å²) in [6.07, 6.45) is -13.5. The second-order valence-electron chi connectivity index (χ2n) is 6.16. The molecule has 0 amide bonds. The molecule has 9 atom stereocenters. The third kappa shape index (κ3) is 6.37. The van der Waals surface area contributed by atoms with Crippen LogP contribution in [0.25, 0.3) is 0 Å². The van der Waals surface area contributed by atoms with Gasteiger partial charge in [-0.1, -0.05) is 0 Å². The quantitative estimate of drug-likeness (QED) is 0.167. The van der Waals surface area contributed by atoms with E-state index in [0.29, 0.717) is 0 Å². The Hall–Kier alpha value is 1.71. The van der Waals surface area contributed by atoms with E-state index in [9.17, 15) is 40.5 Å². The van der Waals surface area contributed by atoms with Crippen molar-refractivity contribution in [2.24, 2.45) is 0 Å². The van der Waals surface area contributed by atoms with E-state index in [1.54, 1.807) is 0 Å². The minimum atomic E-state index is -2.34. The molecular formula is C14H24KNaO12. The van der Waals surface area contributed by atoms with Crippen LogP contribution in [-0.2, 0) is 23.7 Å². The average molecular weight is 446 g/mol. The summed E-state index contributed by atoms with van der Waals surface area (Å²) in [5.41, 5.74) is 0. The van der Waals surface area contributed by atoms with Crippen LogP contribution in [-0.4, -0.2) is 141 Å². The van der Waals surface area contributed by atoms with Gasteiger partial charge in [0, 0.05) is 6.92 Å². The number of esters is 1. The van der Waals surface area contributed by atoms with Crippen molar-refractivity contribution in [2.75, 3.05) is 19.8 Å². The van der Waals surface area contributed by atoms with Gasteiger partial charge in [0.25, 0.3) is 0 Å². The Morgan fingerprint density at radius 2 is 1.61 bits per heavy atom. The van der Waals surface area contributed by atoms with Crippen molar-refractivity contribution in [1.29, 1.82) is 0 Å². The Morgan fingerprint density at radius 1 is 1.04 bits per heavy atom. The van der Waals surface area contributed by atoms with Gasteiger partial charge in [-0.25, -0.2) is 0 Å². The van der Waals surface area contributed by atoms with Crippen molar-refractivity contribution in [1.82, 2.24) is 0 Å². The van der Waals surface area contributed by atoms with Crippen LogP contribution in [0.15, 0.2) is 0 Å². The van der Waals surface area contributed by atoms with Crippen LogP contribution in [0, 0.1) is 0 Å². The van der Waals surface area contributed by atoms with Crippen molar-refractivity contribution in [3.05, 3.63) is 0 Å². The van der Waals surface area contributed by atoms with E-state index in [0.717, 1.165) is 6.92 Å². The summed E-state index contributed by atoms with van der Waals surface area (Å²) in [7, 11) is 0. The van der Waals surface area contributed by atoms with Crippen LogP contribution in [0.2, 0.25) is 0 Å². The number of aliphatic hydroxyl groups is 6. The number of carbonyl (C=O) groups is 1. The summed E-state index contributed by atoms with van der Waals surface area (Å²) >= 11 is 0. The first-order valence-electron chi connectivity index (χ1n) is 7.91. The fourth-order valence-electron chi connectivity index (χ4n) is 2.80. The molecule has 12 nitrogen and oxygen atoms in total. The van der Waals surface area contributed by atoms with E-state index in [1.165, 1.54) is 0 Å². The van der Waals surface area contributed by atoms with Crippen LogP contribution in [0.4, 0.5) is 0 Å². The zero-order valence-electron chi connectivity index (χ0n) is 14.9. The molecule has 154 valence electrons. The molecule has 14 heteroatoms. The molecule has 0 bridgehead atoms. The second kappa shape index (κ2) is 12.7. The van der Waals surface area contributed by atoms with Gasteiger partial charge >= 0.3 is 86.9 Å². The number of rotatable bonds is 6. The molecule has 6 N–H and O–H groups in total. The van der Waals surface area contributed by atoms with Crippen molar-refractivity contribution in [2.45, 2.75) is 61.7 Å². The number of carbonyl (C=O) groups excluding carboxylic acids is 1. The minimum absolute atomic E-state index is 0. The fraction of sp³-hybridized carbons (Fsp3) is 0.929. The topological polar surface area (TPSA) is 198 Å². The molecule has 2 saturated heterocycles. The Labute approximate surface area is 225 Å². The van der Waals surface area contributed by atoms with Crippen LogP contribution < -0.4 is 56.5 Å². The van der Waals surface area contributed by atoms with Crippen LogP contribution in [0.1, 0.15) is 6.92 Å². The van der Waals surface area contributed by atoms with Crippen molar-refractivity contribution in [3.8, 4) is 0 Å². The monoisotopic (exact) mass is 446 g/mol. The molecular weight excluding hydrogens is 422 g/mol. The third-order valence-electron chi connectivity index (χ3n) is 4.30. The van der Waals surface area contributed by atoms with Gasteiger partial charge in [0.2, 0.25) is 0 Å². The second-order valence-corrected chi connectivity index (χ2v) is 6.16. The van der Waals surface area contributed by atoms with Gasteiger partial charge in [0.05, 0.1) is 19.3 Å². The summed E-state index contributed by atoms with van der Waals surface area (Å²) < 4.78 is 20.5. The number of aliphatic hydroxyl groups excluding tert-OH is 6. The summed E-state index contributed by atoms with van der Waals surface area (Å²) in [4.78, 5) is 11.1. The molecule has 0 spiro atoms. The average Bonchev–Trinajstić information content (AvgIpc) is 2.85. The predicted octanol–water partition coefficient (Wildman–Crippen LogP) is -9.10. The Bertz CT molecular complexity index is 499. The number of hydrogen-bond donors (Lipinski definition) is 6. The Kier molecular flexibility index (Phi) is 13.4. The van der Waals surface area contributed by atoms with Crippen LogP contribution in [0.3, 0.4) is 0 Å². The van der Waals surface area contributed by atoms with Gasteiger partial charge in [0.1, 0.15) is 37.1 Å². The van der Waals surface area contributed by atoms with E-state index in [4.69, 9.17) is 18.9 Å². The summed E-state index contributed by atoms with van der Waals surface area (Å²) in [5.74, 6) is -3.13. The molecule has 0 aromatic carbocycles. The van der Waals surface area contributed by atoms with E-state index < -0.39 is 80.6 Å². The molecule has 0 aromatic heterocycles. The number of hydrogen-bond acceptors (Lipinski definition) is 12. The Balaban J connectivity index is 0.00000364. The maximum atomic E-state index is 12.5. The van der Waals surface area contributed by atoms with Gasteiger partial charge in [-0.3, -0.25) is 4.79 Å². The van der Waals surface area contributed by atoms with E-state index in [-0.39, 0.29) is 80.9 Å². The maximum absolute atomic E-state index is 12.5. The molecule has 28 heavy (non-hydrogen) atoms. The molecule has 0 radical (unpaired) electrons. The van der Waals surface area contributed by atoms with Gasteiger partial charge in [-0.2, -0.15) is 0 Å². The molecule has 0 unspecified atom stereocenters. The first kappa shape index (κ1) is 29.7. The zero-order valence-corrected chi connectivity index (χ0v) is 18.0. The summed E-state index contributed by atoms with van der Waals surface area (Å²) in [6.45, 7) is -1.21. The Morgan fingerprint density at radius 3 is 2.07 bits per heavy atom. The normalized spacial score (nSPS) is 43.0. The van der Waals surface area contributed by atoms with E-state index in [2.05, 4.69) is 0 Å². The summed E-state index contributed by atoms with van der Waals surface area (Å²) in [6, 6.07) is 0. The first-order chi connectivity index (χ1) is 12.2. The first-order valence-corrected chi connectivity index (χ1v) is 7.91. The van der Waals surface area contributed by atoms with Crippen LogP contribution >= 0.6 is 0 Å². The summed E-state index contributed by atoms with van der Waals surface area (Å²) in [5, 5.41) is 70.3. The number of ether oxygens (including phenoxy) is 4. The molecule has 2 fully saturated rings. The zero-order chi connectivity index (χ0) is 19.6. The van der Waals surface area contributed by atoms with Gasteiger partial charge in [-0.15, -0.1) is 0 Å². The van der Waals surface area contributed by atoms with Gasteiger partial charge < -0.3 is 54.7 Å². The van der Waals surface area contributed by atoms with Crippen molar-refractivity contribution >= 4 is 35.5 Å². The van der Waals surface area contributed by atoms with Crippen molar-refractivity contribution < 1.29 is 111 Å². The van der Waals surface area contributed by atoms with Crippen LogP contribution in [0.5, 0.6) is 0 Å². The van der Waals surface area contributed by atoms with E-state index >= 15 is 0 Å². The predicted molar refractivity (Wildman–Crippen MR) is 83.1 cm³/mol. The molecule has 0 aliphatic carbocycles. The molecule has 0 saturated carbocycles. The SMILES string of the molecule is CC(=O)OC[C@@]1(O[C@H]2O[C@H](CO)[C@@H](O)[C@H](O)[C@H]2O)O[C@H](CO)[C@@H](O)[C@@H]1[O-].[K+].[NaH].